The van der Waals surface area contributed by atoms with E-state index >= 15 is 0 Å². The molecule has 0 radical (unpaired) electrons. The molecule has 4 heterocycles. The van der Waals surface area contributed by atoms with E-state index in [1.54, 1.807) is 53.2 Å². The van der Waals surface area contributed by atoms with Crippen molar-refractivity contribution in [2.24, 2.45) is 7.05 Å². The Labute approximate surface area is 222 Å². The van der Waals surface area contributed by atoms with Crippen molar-refractivity contribution >= 4 is 46.4 Å². The predicted octanol–water partition coefficient (Wildman–Crippen LogP) is 4.13. The first-order valence-electron chi connectivity index (χ1n) is 11.7. The lowest BCUT2D eigenvalue weighted by molar-refractivity contribution is -0.126. The van der Waals surface area contributed by atoms with Crippen LogP contribution in [0.3, 0.4) is 0 Å². The van der Waals surface area contributed by atoms with Crippen molar-refractivity contribution in [3.05, 3.63) is 82.0 Å². The minimum absolute atomic E-state index is 0.189. The van der Waals surface area contributed by atoms with E-state index in [-0.39, 0.29) is 18.4 Å². The van der Waals surface area contributed by atoms with E-state index in [0.717, 1.165) is 21.1 Å². The van der Waals surface area contributed by atoms with Crippen molar-refractivity contribution in [2.45, 2.75) is 25.6 Å². The fourth-order valence-electron chi connectivity index (χ4n) is 4.24. The molecule has 0 saturated heterocycles. The number of halogens is 1. The molecule has 4 aromatic rings. The van der Waals surface area contributed by atoms with Gasteiger partial charge >= 0.3 is 0 Å². The number of anilines is 2. The van der Waals surface area contributed by atoms with E-state index < -0.39 is 12.1 Å². The average molecular weight is 537 g/mol. The van der Waals surface area contributed by atoms with Crippen LogP contribution in [0.2, 0.25) is 5.02 Å². The molecule has 0 unspecified atom stereocenters. The number of aliphatic hydroxyl groups is 1. The number of thiophene rings is 1. The van der Waals surface area contributed by atoms with Crippen LogP contribution in [-0.2, 0) is 18.4 Å². The van der Waals surface area contributed by atoms with E-state index in [9.17, 15) is 14.7 Å². The average Bonchev–Trinajstić information content (AvgIpc) is 3.58. The molecule has 1 aliphatic rings. The van der Waals surface area contributed by atoms with Gasteiger partial charge in [-0.05, 0) is 48.4 Å². The van der Waals surface area contributed by atoms with Gasteiger partial charge in [-0.1, -0.05) is 23.7 Å². The Morgan fingerprint density at radius 2 is 2.05 bits per heavy atom. The summed E-state index contributed by atoms with van der Waals surface area (Å²) in [6, 6.07) is 13.2. The molecule has 0 spiro atoms. The van der Waals surface area contributed by atoms with Crippen molar-refractivity contribution in [2.75, 3.05) is 11.9 Å². The van der Waals surface area contributed by atoms with Crippen LogP contribution in [0.4, 0.5) is 11.6 Å². The normalized spacial score (nSPS) is 14.4. The fourth-order valence-corrected chi connectivity index (χ4v) is 5.58. The van der Waals surface area contributed by atoms with Gasteiger partial charge in [-0.2, -0.15) is 5.10 Å². The summed E-state index contributed by atoms with van der Waals surface area (Å²) < 4.78 is 1.72. The molecule has 3 N–H and O–H groups in total. The number of pyridine rings is 1. The van der Waals surface area contributed by atoms with Crippen molar-refractivity contribution < 1.29 is 14.7 Å². The number of nitrogens with one attached hydrogen (secondary N) is 2. The number of hydrogen-bond acceptors (Lipinski definition) is 7. The van der Waals surface area contributed by atoms with Gasteiger partial charge in [-0.25, -0.2) is 4.98 Å². The summed E-state index contributed by atoms with van der Waals surface area (Å²) in [7, 11) is 1.84. The van der Waals surface area contributed by atoms with Gasteiger partial charge in [-0.15, -0.1) is 11.3 Å². The second kappa shape index (κ2) is 10.3. The van der Waals surface area contributed by atoms with Crippen LogP contribution in [-0.4, -0.2) is 49.2 Å². The minimum atomic E-state index is -0.709. The molecule has 1 aromatic carbocycles. The lowest BCUT2D eigenvalue weighted by atomic mass is 10.1. The predicted molar refractivity (Wildman–Crippen MR) is 143 cm³/mol. The van der Waals surface area contributed by atoms with E-state index in [2.05, 4.69) is 20.7 Å². The standard InChI is InChI=1S/C26H25ClN6O3S/c1-15(25(35)30-20(14-34)16-4-3-5-18(27)10-16)33-13-22-19(26(33)36)12-21(37-22)17-6-8-28-23(11-17)31-24-7-9-29-32(24)2/h3-12,15,20,34H,13-14H2,1-2H3,(H,28,31)(H,30,35)/t15-,20-/m1/s1. The summed E-state index contributed by atoms with van der Waals surface area (Å²) >= 11 is 7.58. The highest BCUT2D eigenvalue weighted by Gasteiger charge is 2.36. The van der Waals surface area contributed by atoms with Crippen LogP contribution in [0.15, 0.2) is 60.9 Å². The van der Waals surface area contributed by atoms with Crippen molar-refractivity contribution in [1.29, 1.82) is 0 Å². The Bertz CT molecular complexity index is 1470. The van der Waals surface area contributed by atoms with Gasteiger partial charge < -0.3 is 20.6 Å². The number of fused-ring (bicyclic) bond motifs is 1. The largest absolute Gasteiger partial charge is 0.394 e. The lowest BCUT2D eigenvalue weighted by Gasteiger charge is -2.26. The first kappa shape index (κ1) is 24.9. The highest BCUT2D eigenvalue weighted by molar-refractivity contribution is 7.16. The van der Waals surface area contributed by atoms with Crippen LogP contribution in [0.5, 0.6) is 0 Å². The number of aliphatic hydroxyl groups excluding tert-OH is 1. The van der Waals surface area contributed by atoms with Crippen molar-refractivity contribution in [3.63, 3.8) is 0 Å². The smallest absolute Gasteiger partial charge is 0.256 e. The van der Waals surface area contributed by atoms with Crippen molar-refractivity contribution in [3.8, 4) is 10.4 Å². The molecule has 0 saturated carbocycles. The molecule has 3 aromatic heterocycles. The molecule has 37 heavy (non-hydrogen) atoms. The lowest BCUT2D eigenvalue weighted by Crippen LogP contribution is -2.46. The van der Waals surface area contributed by atoms with E-state index in [4.69, 9.17) is 11.6 Å². The quantitative estimate of drug-likeness (QED) is 0.312. The zero-order chi connectivity index (χ0) is 26.1. The van der Waals surface area contributed by atoms with Gasteiger partial charge in [0.15, 0.2) is 0 Å². The number of benzene rings is 1. The molecule has 0 aliphatic carbocycles. The number of hydrogen-bond donors (Lipinski definition) is 3. The Kier molecular flexibility index (Phi) is 6.96. The summed E-state index contributed by atoms with van der Waals surface area (Å²) in [5, 5.41) is 20.6. The van der Waals surface area contributed by atoms with E-state index in [0.29, 0.717) is 28.5 Å². The van der Waals surface area contributed by atoms with Crippen LogP contribution >= 0.6 is 22.9 Å². The molecule has 2 atom stereocenters. The Balaban J connectivity index is 1.28. The topological polar surface area (TPSA) is 112 Å². The fraction of sp³-hybridized carbons (Fsp3) is 0.231. The first-order chi connectivity index (χ1) is 17.8. The molecule has 11 heteroatoms. The molecular weight excluding hydrogens is 512 g/mol. The van der Waals surface area contributed by atoms with Gasteiger partial charge in [0.1, 0.15) is 17.7 Å². The molecule has 0 bridgehead atoms. The molecular formula is C26H25ClN6O3S. The van der Waals surface area contributed by atoms with Gasteiger partial charge in [0.05, 0.1) is 31.0 Å². The number of nitrogens with zero attached hydrogens (tertiary/aromatic N) is 4. The zero-order valence-corrected chi connectivity index (χ0v) is 21.8. The van der Waals surface area contributed by atoms with Crippen molar-refractivity contribution in [1.82, 2.24) is 25.0 Å². The second-order valence-electron chi connectivity index (χ2n) is 8.75. The molecule has 5 rings (SSSR count). The SMILES string of the molecule is C[C@H](C(=O)N[C@H](CO)c1cccc(Cl)c1)N1Cc2sc(-c3ccnc(Nc4ccnn4C)c3)cc2C1=O. The number of rotatable bonds is 8. The summed E-state index contributed by atoms with van der Waals surface area (Å²) in [6.45, 7) is 1.75. The maximum atomic E-state index is 13.2. The Morgan fingerprint density at radius 3 is 2.76 bits per heavy atom. The third-order valence-corrected chi connectivity index (χ3v) is 7.74. The molecule has 9 nitrogen and oxygen atoms in total. The molecule has 2 amide bonds. The molecule has 0 fully saturated rings. The maximum absolute atomic E-state index is 13.2. The number of aromatic nitrogens is 3. The third kappa shape index (κ3) is 5.08. The number of aryl methyl sites for hydroxylation is 1. The van der Waals surface area contributed by atoms with Crippen LogP contribution in [0, 0.1) is 0 Å². The van der Waals surface area contributed by atoms with Gasteiger partial charge in [0.2, 0.25) is 5.91 Å². The van der Waals surface area contributed by atoms with E-state index in [1.165, 1.54) is 11.3 Å². The number of carbonyl (C=O) groups is 2. The Hall–Kier alpha value is -3.73. The van der Waals surface area contributed by atoms with Gasteiger partial charge in [0.25, 0.3) is 5.91 Å². The summed E-state index contributed by atoms with van der Waals surface area (Å²) in [5.41, 5.74) is 2.24. The summed E-state index contributed by atoms with van der Waals surface area (Å²) in [5.74, 6) is 0.953. The molecule has 190 valence electrons. The van der Waals surface area contributed by atoms with Crippen LogP contribution in [0.1, 0.15) is 33.8 Å². The Morgan fingerprint density at radius 1 is 1.22 bits per heavy atom. The van der Waals surface area contributed by atoms with Gasteiger partial charge in [0, 0.05) is 34.1 Å². The highest BCUT2D eigenvalue weighted by atomic mass is 35.5. The second-order valence-corrected chi connectivity index (χ2v) is 10.3. The molecule has 1 aliphatic heterocycles. The van der Waals surface area contributed by atoms with Crippen LogP contribution in [0.25, 0.3) is 10.4 Å². The number of amides is 2. The summed E-state index contributed by atoms with van der Waals surface area (Å²) in [6.07, 6.45) is 3.42. The third-order valence-electron chi connectivity index (χ3n) is 6.33. The van der Waals surface area contributed by atoms with Gasteiger partial charge in [-0.3, -0.25) is 14.3 Å². The highest BCUT2D eigenvalue weighted by Crippen LogP contribution is 2.38. The summed E-state index contributed by atoms with van der Waals surface area (Å²) in [4.78, 5) is 34.0. The monoisotopic (exact) mass is 536 g/mol. The van der Waals surface area contributed by atoms with E-state index in [1.807, 2.05) is 31.3 Å². The first-order valence-corrected chi connectivity index (χ1v) is 12.9. The zero-order valence-electron chi connectivity index (χ0n) is 20.2. The maximum Gasteiger partial charge on any atom is 0.256 e. The minimum Gasteiger partial charge on any atom is -0.394 e. The van der Waals surface area contributed by atoms with Crippen LogP contribution < -0.4 is 10.6 Å². The number of carbonyl (C=O) groups excluding carboxylic acids is 2.